The number of rotatable bonds is 5. The van der Waals surface area contributed by atoms with Gasteiger partial charge in [0, 0.05) is 42.8 Å². The lowest BCUT2D eigenvalue weighted by atomic mass is 10.1. The van der Waals surface area contributed by atoms with E-state index in [4.69, 9.17) is 15.8 Å². The van der Waals surface area contributed by atoms with Gasteiger partial charge in [-0.05, 0) is 32.0 Å². The van der Waals surface area contributed by atoms with Gasteiger partial charge in [0.05, 0.1) is 23.5 Å². The third kappa shape index (κ3) is 3.66. The number of hydrogen-bond donors (Lipinski definition) is 3. The van der Waals surface area contributed by atoms with Crippen molar-refractivity contribution in [2.75, 3.05) is 25.1 Å². The molecule has 11 heteroatoms. The van der Waals surface area contributed by atoms with Gasteiger partial charge in [0.1, 0.15) is 11.5 Å². The molecule has 0 atom stereocenters. The molecule has 0 saturated carbocycles. The molecule has 0 aliphatic heterocycles. The van der Waals surface area contributed by atoms with Gasteiger partial charge in [0.15, 0.2) is 5.65 Å². The van der Waals surface area contributed by atoms with Crippen LogP contribution in [0.4, 0.5) is 17.5 Å². The second-order valence-electron chi connectivity index (χ2n) is 8.42. The molecule has 0 fully saturated rings. The van der Waals surface area contributed by atoms with Crippen LogP contribution in [0.3, 0.4) is 0 Å². The summed E-state index contributed by atoms with van der Waals surface area (Å²) >= 11 is 0. The average molecular weight is 457 g/mol. The molecule has 4 heterocycles. The fourth-order valence-corrected chi connectivity index (χ4v) is 3.71. The first-order valence-corrected chi connectivity index (χ1v) is 10.8. The van der Waals surface area contributed by atoms with Crippen LogP contribution >= 0.6 is 0 Å². The van der Waals surface area contributed by atoms with Crippen LogP contribution in [0, 0.1) is 0 Å². The maximum Gasteiger partial charge on any atom is 0.291 e. The third-order valence-electron chi connectivity index (χ3n) is 5.40. The number of carbonyl (C=O) groups is 1. The van der Waals surface area contributed by atoms with E-state index < -0.39 is 0 Å². The predicted molar refractivity (Wildman–Crippen MR) is 131 cm³/mol. The number of fused-ring (bicyclic) bond motifs is 2. The van der Waals surface area contributed by atoms with Crippen molar-refractivity contribution in [3.8, 4) is 11.3 Å². The highest BCUT2D eigenvalue weighted by molar-refractivity contribution is 6.00. The zero-order chi connectivity index (χ0) is 24.0. The van der Waals surface area contributed by atoms with E-state index in [0.717, 1.165) is 22.2 Å². The lowest BCUT2D eigenvalue weighted by Gasteiger charge is -2.10. The molecule has 4 N–H and O–H groups in total. The number of anilines is 3. The minimum absolute atomic E-state index is 0.0500. The summed E-state index contributed by atoms with van der Waals surface area (Å²) in [6, 6.07) is 8.15. The Hall–Kier alpha value is -4.54. The molecule has 34 heavy (non-hydrogen) atoms. The summed E-state index contributed by atoms with van der Waals surface area (Å²) in [6.07, 6.45) is 4.91. The summed E-state index contributed by atoms with van der Waals surface area (Å²) in [5, 5.41) is 9.68. The summed E-state index contributed by atoms with van der Waals surface area (Å²) in [5.74, 6) is 0.423. The van der Waals surface area contributed by atoms with E-state index in [0.29, 0.717) is 22.5 Å². The van der Waals surface area contributed by atoms with E-state index in [1.165, 1.54) is 17.3 Å². The molecule has 1 aromatic carbocycles. The van der Waals surface area contributed by atoms with Crippen LogP contribution in [0.2, 0.25) is 0 Å². The number of aromatic nitrogens is 7. The number of nitrogens with zero attached hydrogens (tertiary/aromatic N) is 7. The molecule has 4 aromatic heterocycles. The minimum atomic E-state index is -0.278. The highest BCUT2D eigenvalue weighted by Gasteiger charge is 2.21. The van der Waals surface area contributed by atoms with E-state index in [1.54, 1.807) is 14.1 Å². The molecule has 0 aliphatic carbocycles. The van der Waals surface area contributed by atoms with Crippen LogP contribution in [0.15, 0.2) is 42.9 Å². The summed E-state index contributed by atoms with van der Waals surface area (Å²) in [6.45, 7) is 4.07. The normalized spacial score (nSPS) is 11.4. The van der Waals surface area contributed by atoms with E-state index in [9.17, 15) is 4.79 Å². The quantitative estimate of drug-likeness (QED) is 0.365. The van der Waals surface area contributed by atoms with Gasteiger partial charge in [-0.3, -0.25) is 4.79 Å². The van der Waals surface area contributed by atoms with Gasteiger partial charge in [-0.2, -0.15) is 15.1 Å². The Morgan fingerprint density at radius 2 is 1.91 bits per heavy atom. The van der Waals surface area contributed by atoms with Crippen LogP contribution in [-0.2, 0) is 0 Å². The molecule has 0 radical (unpaired) electrons. The second-order valence-corrected chi connectivity index (χ2v) is 8.42. The number of aromatic amines is 1. The fourth-order valence-electron chi connectivity index (χ4n) is 3.71. The summed E-state index contributed by atoms with van der Waals surface area (Å²) in [4.78, 5) is 34.0. The number of H-pyrrole nitrogens is 1. The number of amides is 1. The zero-order valence-corrected chi connectivity index (χ0v) is 19.2. The van der Waals surface area contributed by atoms with Gasteiger partial charge in [-0.15, -0.1) is 0 Å². The Balaban J connectivity index is 1.55. The molecule has 5 aromatic rings. The van der Waals surface area contributed by atoms with Crippen LogP contribution < -0.4 is 11.1 Å². The van der Waals surface area contributed by atoms with Gasteiger partial charge >= 0.3 is 0 Å². The average Bonchev–Trinajstić information content (AvgIpc) is 3.43. The SMILES string of the molecule is CC(C)n1nc(-c2ccc3[nH]ccc3c2)c2c(N)nc(Nc3cnc(C(=O)N(C)C)nc3)nc21. The number of hydrogen-bond acceptors (Lipinski definition) is 8. The summed E-state index contributed by atoms with van der Waals surface area (Å²) in [7, 11) is 3.29. The number of nitrogen functional groups attached to an aromatic ring is 1. The molecule has 1 amide bonds. The Bertz CT molecular complexity index is 1510. The molecule has 0 unspecified atom stereocenters. The first-order valence-electron chi connectivity index (χ1n) is 10.8. The Labute approximate surface area is 195 Å². The minimum Gasteiger partial charge on any atom is -0.383 e. The molecule has 11 nitrogen and oxygen atoms in total. The second kappa shape index (κ2) is 8.10. The van der Waals surface area contributed by atoms with Crippen LogP contribution in [0.25, 0.3) is 33.2 Å². The monoisotopic (exact) mass is 456 g/mol. The molecule has 0 saturated heterocycles. The standard InChI is InChI=1S/C23H24N10O/c1-12(2)33-21-17(18(31-33)14-5-6-16-13(9-14)7-8-25-16)19(24)29-23(30-21)28-15-10-26-20(27-11-15)22(34)32(3)4/h5-12,25H,1-4H3,(H3,24,28,29,30). The zero-order valence-electron chi connectivity index (χ0n) is 19.2. The van der Waals surface area contributed by atoms with Crippen LogP contribution in [0.5, 0.6) is 0 Å². The van der Waals surface area contributed by atoms with Crippen molar-refractivity contribution in [2.45, 2.75) is 19.9 Å². The lowest BCUT2D eigenvalue weighted by Crippen LogP contribution is -2.23. The van der Waals surface area contributed by atoms with Crippen molar-refractivity contribution in [2.24, 2.45) is 0 Å². The van der Waals surface area contributed by atoms with Crippen molar-refractivity contribution >= 4 is 45.3 Å². The molecular weight excluding hydrogens is 432 g/mol. The Morgan fingerprint density at radius 1 is 1.15 bits per heavy atom. The smallest absolute Gasteiger partial charge is 0.291 e. The largest absolute Gasteiger partial charge is 0.383 e. The van der Waals surface area contributed by atoms with E-state index in [1.807, 2.05) is 42.9 Å². The number of benzene rings is 1. The number of nitrogens with two attached hydrogens (primary N) is 1. The third-order valence-corrected chi connectivity index (χ3v) is 5.40. The van der Waals surface area contributed by atoms with Gasteiger partial charge in [-0.25, -0.2) is 14.6 Å². The molecule has 172 valence electrons. The van der Waals surface area contributed by atoms with Gasteiger partial charge < -0.3 is 20.9 Å². The maximum absolute atomic E-state index is 12.0. The number of carbonyl (C=O) groups excluding carboxylic acids is 1. The van der Waals surface area contributed by atoms with E-state index in [-0.39, 0.29) is 23.7 Å². The van der Waals surface area contributed by atoms with Crippen molar-refractivity contribution in [3.05, 3.63) is 48.7 Å². The maximum atomic E-state index is 12.0. The van der Waals surface area contributed by atoms with E-state index in [2.05, 4.69) is 31.3 Å². The van der Waals surface area contributed by atoms with Crippen LogP contribution in [-0.4, -0.2) is 59.6 Å². The lowest BCUT2D eigenvalue weighted by molar-refractivity contribution is 0.0816. The summed E-state index contributed by atoms with van der Waals surface area (Å²) < 4.78 is 1.84. The Morgan fingerprint density at radius 3 is 2.62 bits per heavy atom. The van der Waals surface area contributed by atoms with Crippen molar-refractivity contribution in [1.82, 2.24) is 39.6 Å². The molecule has 0 aliphatic rings. The number of nitrogens with one attached hydrogen (secondary N) is 2. The first kappa shape index (κ1) is 21.3. The van der Waals surface area contributed by atoms with Gasteiger partial charge in [0.25, 0.3) is 5.91 Å². The van der Waals surface area contributed by atoms with Gasteiger partial charge in [0.2, 0.25) is 11.8 Å². The van der Waals surface area contributed by atoms with Crippen molar-refractivity contribution in [3.63, 3.8) is 0 Å². The highest BCUT2D eigenvalue weighted by Crippen LogP contribution is 2.34. The van der Waals surface area contributed by atoms with Gasteiger partial charge in [-0.1, -0.05) is 6.07 Å². The van der Waals surface area contributed by atoms with Crippen molar-refractivity contribution < 1.29 is 4.79 Å². The predicted octanol–water partition coefficient (Wildman–Crippen LogP) is 3.37. The van der Waals surface area contributed by atoms with E-state index >= 15 is 0 Å². The topological polar surface area (TPSA) is 144 Å². The molecule has 0 bridgehead atoms. The molecular formula is C23H24N10O. The Kier molecular flexibility index (Phi) is 5.08. The first-order chi connectivity index (χ1) is 16.3. The summed E-state index contributed by atoms with van der Waals surface area (Å²) in [5.41, 5.74) is 10.3. The fraction of sp³-hybridized carbons (Fsp3) is 0.217. The molecule has 0 spiro atoms. The highest BCUT2D eigenvalue weighted by atomic mass is 16.2. The van der Waals surface area contributed by atoms with Crippen LogP contribution in [0.1, 0.15) is 30.5 Å². The van der Waals surface area contributed by atoms with Crippen molar-refractivity contribution in [1.29, 1.82) is 0 Å². The molecule has 5 rings (SSSR count).